The molecule has 3 atom stereocenters. The number of benzene rings is 1. The van der Waals surface area contributed by atoms with Crippen molar-refractivity contribution in [2.24, 2.45) is 0 Å². The third-order valence-electron chi connectivity index (χ3n) is 3.86. The van der Waals surface area contributed by atoms with E-state index in [4.69, 9.17) is 9.84 Å². The number of carboxylic acids is 1. The number of aliphatic carboxylic acids is 1. The van der Waals surface area contributed by atoms with Crippen molar-refractivity contribution in [3.63, 3.8) is 0 Å². The number of ether oxygens (including phenoxy) is 1. The third kappa shape index (κ3) is 4.47. The molecule has 0 aromatic heterocycles. The Labute approximate surface area is 137 Å². The van der Waals surface area contributed by atoms with Crippen molar-refractivity contribution >= 4 is 11.9 Å². The van der Waals surface area contributed by atoms with E-state index in [0.29, 0.717) is 0 Å². The van der Waals surface area contributed by atoms with Crippen LogP contribution in [0, 0.1) is 0 Å². The van der Waals surface area contributed by atoms with Crippen LogP contribution in [0.15, 0.2) is 30.3 Å². The standard InChI is InChI=1S/C16H18F3NO4/c1-10-8-20(9-13(24-10)15(22)23)14(21)7-12(16(17,18)19)11-5-3-2-4-6-11/h2-6,10,12-13H,7-9H2,1H3,(H,22,23)/t10-,12?,13?/m1/s1. The quantitative estimate of drug-likeness (QED) is 0.910. The maximum absolute atomic E-state index is 13.3. The molecule has 2 rings (SSSR count). The number of hydrogen-bond donors (Lipinski definition) is 1. The lowest BCUT2D eigenvalue weighted by atomic mass is 9.94. The van der Waals surface area contributed by atoms with E-state index in [9.17, 15) is 22.8 Å². The summed E-state index contributed by atoms with van der Waals surface area (Å²) in [6, 6.07) is 7.21. The summed E-state index contributed by atoms with van der Waals surface area (Å²) in [6.07, 6.45) is -7.10. The van der Waals surface area contributed by atoms with E-state index >= 15 is 0 Å². The van der Waals surface area contributed by atoms with Crippen LogP contribution in [0.25, 0.3) is 0 Å². The highest BCUT2D eigenvalue weighted by atomic mass is 19.4. The molecule has 1 aromatic carbocycles. The van der Waals surface area contributed by atoms with Gasteiger partial charge in [0.1, 0.15) is 0 Å². The molecule has 1 saturated heterocycles. The second kappa shape index (κ2) is 7.21. The Morgan fingerprint density at radius 2 is 1.92 bits per heavy atom. The van der Waals surface area contributed by atoms with Crippen molar-refractivity contribution in [1.82, 2.24) is 4.90 Å². The molecule has 24 heavy (non-hydrogen) atoms. The summed E-state index contributed by atoms with van der Waals surface area (Å²) in [4.78, 5) is 24.5. The minimum atomic E-state index is -4.57. The van der Waals surface area contributed by atoms with Crippen molar-refractivity contribution in [3.05, 3.63) is 35.9 Å². The smallest absolute Gasteiger partial charge is 0.396 e. The fraction of sp³-hybridized carbons (Fsp3) is 0.500. The number of carbonyl (C=O) groups is 2. The van der Waals surface area contributed by atoms with Gasteiger partial charge in [0, 0.05) is 13.0 Å². The van der Waals surface area contributed by atoms with Crippen LogP contribution >= 0.6 is 0 Å². The van der Waals surface area contributed by atoms with Crippen molar-refractivity contribution in [3.8, 4) is 0 Å². The number of hydrogen-bond acceptors (Lipinski definition) is 3. The third-order valence-corrected chi connectivity index (χ3v) is 3.86. The Balaban J connectivity index is 2.14. The number of carboxylic acid groups (broad SMARTS) is 1. The predicted octanol–water partition coefficient (Wildman–Crippen LogP) is 2.42. The first-order valence-corrected chi connectivity index (χ1v) is 7.46. The number of morpholine rings is 1. The molecule has 2 unspecified atom stereocenters. The topological polar surface area (TPSA) is 66.8 Å². The first-order chi connectivity index (χ1) is 11.2. The van der Waals surface area contributed by atoms with E-state index < -0.39 is 42.6 Å². The first-order valence-electron chi connectivity index (χ1n) is 7.46. The average Bonchev–Trinajstić information content (AvgIpc) is 2.51. The first kappa shape index (κ1) is 18.3. The predicted molar refractivity (Wildman–Crippen MR) is 78.4 cm³/mol. The van der Waals surface area contributed by atoms with Crippen LogP contribution in [0.4, 0.5) is 13.2 Å². The maximum atomic E-state index is 13.3. The van der Waals surface area contributed by atoms with Gasteiger partial charge in [0.25, 0.3) is 0 Å². The van der Waals surface area contributed by atoms with Crippen LogP contribution in [0.1, 0.15) is 24.8 Å². The van der Waals surface area contributed by atoms with Crippen molar-refractivity contribution in [2.75, 3.05) is 13.1 Å². The second-order valence-corrected chi connectivity index (χ2v) is 5.78. The zero-order valence-corrected chi connectivity index (χ0v) is 13.0. The molecule has 0 radical (unpaired) electrons. The minimum absolute atomic E-state index is 0.00874. The van der Waals surface area contributed by atoms with Gasteiger partial charge in [0.2, 0.25) is 5.91 Å². The van der Waals surface area contributed by atoms with Gasteiger partial charge in [-0.25, -0.2) is 4.79 Å². The number of amides is 1. The highest BCUT2D eigenvalue weighted by Crippen LogP contribution is 2.37. The lowest BCUT2D eigenvalue weighted by molar-refractivity contribution is -0.172. The largest absolute Gasteiger partial charge is 0.479 e. The maximum Gasteiger partial charge on any atom is 0.396 e. The highest BCUT2D eigenvalue weighted by Gasteiger charge is 2.43. The zero-order chi connectivity index (χ0) is 17.9. The van der Waals surface area contributed by atoms with Gasteiger partial charge in [-0.2, -0.15) is 13.2 Å². The van der Waals surface area contributed by atoms with Gasteiger partial charge in [-0.3, -0.25) is 4.79 Å². The van der Waals surface area contributed by atoms with E-state index in [1.54, 1.807) is 13.0 Å². The molecule has 5 nitrogen and oxygen atoms in total. The molecule has 1 heterocycles. The molecule has 1 aromatic rings. The van der Waals surface area contributed by atoms with Crippen LogP contribution in [-0.4, -0.2) is 53.4 Å². The molecule has 0 spiro atoms. The van der Waals surface area contributed by atoms with Gasteiger partial charge in [-0.15, -0.1) is 0 Å². The Hall–Kier alpha value is -2.09. The van der Waals surface area contributed by atoms with Gasteiger partial charge >= 0.3 is 12.1 Å². The highest BCUT2D eigenvalue weighted by molar-refractivity contribution is 5.79. The fourth-order valence-corrected chi connectivity index (χ4v) is 2.70. The SMILES string of the molecule is C[C@@H]1CN(C(=O)CC(c2ccccc2)C(F)(F)F)CC(C(=O)O)O1. The second-order valence-electron chi connectivity index (χ2n) is 5.78. The Kier molecular flexibility index (Phi) is 5.48. The van der Waals surface area contributed by atoms with Crippen LogP contribution in [0.3, 0.4) is 0 Å². The van der Waals surface area contributed by atoms with E-state index in [0.717, 1.165) is 4.90 Å². The van der Waals surface area contributed by atoms with Gasteiger partial charge in [-0.1, -0.05) is 30.3 Å². The zero-order valence-electron chi connectivity index (χ0n) is 13.0. The molecule has 0 bridgehead atoms. The molecular formula is C16H18F3NO4. The molecule has 1 amide bonds. The molecule has 0 saturated carbocycles. The van der Waals surface area contributed by atoms with E-state index in [2.05, 4.69) is 0 Å². The van der Waals surface area contributed by atoms with Gasteiger partial charge in [-0.05, 0) is 12.5 Å². The Morgan fingerprint density at radius 1 is 1.29 bits per heavy atom. The van der Waals surface area contributed by atoms with Gasteiger partial charge < -0.3 is 14.7 Å². The molecular weight excluding hydrogens is 327 g/mol. The number of nitrogens with zero attached hydrogens (tertiary/aromatic N) is 1. The molecule has 0 aliphatic carbocycles. The summed E-state index contributed by atoms with van der Waals surface area (Å²) in [5.41, 5.74) is 0.00874. The molecule has 132 valence electrons. The number of alkyl halides is 3. The summed E-state index contributed by atoms with van der Waals surface area (Å²) >= 11 is 0. The molecule has 1 aliphatic rings. The van der Waals surface area contributed by atoms with Crippen LogP contribution in [0.5, 0.6) is 0 Å². The number of halogens is 3. The Morgan fingerprint density at radius 3 is 2.46 bits per heavy atom. The molecule has 8 heteroatoms. The monoisotopic (exact) mass is 345 g/mol. The van der Waals surface area contributed by atoms with Crippen LogP contribution < -0.4 is 0 Å². The van der Waals surface area contributed by atoms with E-state index in [1.807, 2.05) is 0 Å². The fourth-order valence-electron chi connectivity index (χ4n) is 2.70. The number of rotatable bonds is 4. The molecule has 1 N–H and O–H groups in total. The summed E-state index contributed by atoms with van der Waals surface area (Å²) in [6.45, 7) is 1.40. The van der Waals surface area contributed by atoms with Gasteiger partial charge in [0.15, 0.2) is 6.10 Å². The Bertz CT molecular complexity index is 591. The van der Waals surface area contributed by atoms with Crippen LogP contribution in [0.2, 0.25) is 0 Å². The summed E-state index contributed by atoms with van der Waals surface area (Å²) in [7, 11) is 0. The van der Waals surface area contributed by atoms with Gasteiger partial charge in [0.05, 0.1) is 18.6 Å². The van der Waals surface area contributed by atoms with Crippen LogP contribution in [-0.2, 0) is 14.3 Å². The lowest BCUT2D eigenvalue weighted by Gasteiger charge is -2.35. The van der Waals surface area contributed by atoms with Crippen molar-refractivity contribution in [2.45, 2.75) is 37.6 Å². The lowest BCUT2D eigenvalue weighted by Crippen LogP contribution is -2.52. The summed E-state index contributed by atoms with van der Waals surface area (Å²) in [5, 5.41) is 9.00. The average molecular weight is 345 g/mol. The van der Waals surface area contributed by atoms with Crippen molar-refractivity contribution in [1.29, 1.82) is 0 Å². The van der Waals surface area contributed by atoms with E-state index in [1.165, 1.54) is 24.3 Å². The molecule has 1 fully saturated rings. The summed E-state index contributed by atoms with van der Waals surface area (Å²) < 4.78 is 45.1. The minimum Gasteiger partial charge on any atom is -0.479 e. The normalized spacial score (nSPS) is 22.9. The molecule has 1 aliphatic heterocycles. The van der Waals surface area contributed by atoms with E-state index in [-0.39, 0.29) is 18.7 Å². The van der Waals surface area contributed by atoms with Crippen molar-refractivity contribution < 1.29 is 32.6 Å². The summed E-state index contributed by atoms with van der Waals surface area (Å²) in [5.74, 6) is -3.90. The number of carbonyl (C=O) groups excluding carboxylic acids is 1.